The van der Waals surface area contributed by atoms with Gasteiger partial charge in [0.2, 0.25) is 5.89 Å². The molecule has 0 aliphatic rings. The number of nitrogens with zero attached hydrogens (tertiary/aromatic N) is 1. The first kappa shape index (κ1) is 9.93. The maximum Gasteiger partial charge on any atom is 0.226 e. The minimum atomic E-state index is 0.275. The fourth-order valence-corrected chi connectivity index (χ4v) is 1.34. The van der Waals surface area contributed by atoms with Gasteiger partial charge < -0.3 is 9.21 Å². The van der Waals surface area contributed by atoms with E-state index in [2.05, 4.69) is 4.98 Å². The van der Waals surface area contributed by atoms with Gasteiger partial charge in [-0.1, -0.05) is 11.6 Å². The zero-order valence-corrected chi connectivity index (χ0v) is 8.57. The van der Waals surface area contributed by atoms with Crippen LogP contribution in [0.15, 0.2) is 34.9 Å². The number of aldehydes is 1. The summed E-state index contributed by atoms with van der Waals surface area (Å²) >= 11 is 5.76. The molecule has 1 aromatic carbocycles. The summed E-state index contributed by atoms with van der Waals surface area (Å²) in [7, 11) is 0. The van der Waals surface area contributed by atoms with Gasteiger partial charge in [0, 0.05) is 17.0 Å². The summed E-state index contributed by atoms with van der Waals surface area (Å²) < 4.78 is 5.23. The fraction of sp³-hybridized carbons (Fsp3) is 0.0909. The minimum Gasteiger partial charge on any atom is -0.444 e. The van der Waals surface area contributed by atoms with Gasteiger partial charge in [-0.2, -0.15) is 0 Å². The van der Waals surface area contributed by atoms with Gasteiger partial charge in [-0.05, 0) is 24.3 Å². The Morgan fingerprint density at radius 2 is 2.07 bits per heavy atom. The maximum atomic E-state index is 10.3. The van der Waals surface area contributed by atoms with E-state index in [0.29, 0.717) is 16.6 Å². The largest absolute Gasteiger partial charge is 0.444 e. The number of oxazole rings is 1. The lowest BCUT2D eigenvalue weighted by Crippen LogP contribution is -1.85. The van der Waals surface area contributed by atoms with Crippen LogP contribution in [0, 0.1) is 0 Å². The first-order valence-electron chi connectivity index (χ1n) is 4.43. The molecule has 4 heteroatoms. The highest BCUT2D eigenvalue weighted by molar-refractivity contribution is 6.30. The predicted octanol–water partition coefficient (Wildman–Crippen LogP) is 2.74. The second-order valence-electron chi connectivity index (χ2n) is 3.02. The number of hydrogen-bond acceptors (Lipinski definition) is 3. The zero-order valence-electron chi connectivity index (χ0n) is 7.81. The van der Waals surface area contributed by atoms with Crippen LogP contribution in [-0.4, -0.2) is 11.3 Å². The SMILES string of the molecule is O=CCc1coc(-c2ccc(Cl)cc2)n1. The van der Waals surface area contributed by atoms with Crippen LogP contribution in [0.25, 0.3) is 11.5 Å². The molecule has 0 saturated carbocycles. The van der Waals surface area contributed by atoms with Gasteiger partial charge in [0.1, 0.15) is 12.5 Å². The van der Waals surface area contributed by atoms with Crippen molar-refractivity contribution in [3.63, 3.8) is 0 Å². The van der Waals surface area contributed by atoms with E-state index in [0.717, 1.165) is 11.8 Å². The van der Waals surface area contributed by atoms with Crippen LogP contribution in [0.1, 0.15) is 5.69 Å². The summed E-state index contributed by atoms with van der Waals surface area (Å²) in [6.45, 7) is 0. The van der Waals surface area contributed by atoms with Crippen molar-refractivity contribution in [1.29, 1.82) is 0 Å². The molecule has 0 N–H and O–H groups in total. The first-order chi connectivity index (χ1) is 7.29. The van der Waals surface area contributed by atoms with Crippen molar-refractivity contribution >= 4 is 17.9 Å². The Kier molecular flexibility index (Phi) is 2.83. The second kappa shape index (κ2) is 4.28. The molecule has 0 aliphatic carbocycles. The van der Waals surface area contributed by atoms with Crippen LogP contribution in [0.3, 0.4) is 0 Å². The molecular weight excluding hydrogens is 214 g/mol. The lowest BCUT2D eigenvalue weighted by Gasteiger charge is -1.94. The summed E-state index contributed by atoms with van der Waals surface area (Å²) in [6, 6.07) is 7.17. The number of aromatic nitrogens is 1. The monoisotopic (exact) mass is 221 g/mol. The third kappa shape index (κ3) is 2.25. The molecule has 0 atom stereocenters. The van der Waals surface area contributed by atoms with Gasteiger partial charge in [-0.25, -0.2) is 4.98 Å². The highest BCUT2D eigenvalue weighted by Gasteiger charge is 2.05. The van der Waals surface area contributed by atoms with Crippen LogP contribution in [0.2, 0.25) is 5.02 Å². The van der Waals surface area contributed by atoms with Crippen molar-refractivity contribution in [2.45, 2.75) is 6.42 Å². The van der Waals surface area contributed by atoms with E-state index in [9.17, 15) is 4.79 Å². The molecule has 2 aromatic rings. The quantitative estimate of drug-likeness (QED) is 0.749. The molecule has 0 unspecified atom stereocenters. The lowest BCUT2D eigenvalue weighted by atomic mass is 10.2. The van der Waals surface area contributed by atoms with E-state index in [1.54, 1.807) is 12.1 Å². The highest BCUT2D eigenvalue weighted by Crippen LogP contribution is 2.20. The number of halogens is 1. The van der Waals surface area contributed by atoms with Crippen LogP contribution < -0.4 is 0 Å². The Balaban J connectivity index is 2.28. The number of carbonyl (C=O) groups is 1. The van der Waals surface area contributed by atoms with E-state index in [-0.39, 0.29) is 6.42 Å². The predicted molar refractivity (Wildman–Crippen MR) is 56.7 cm³/mol. The van der Waals surface area contributed by atoms with Crippen molar-refractivity contribution in [2.75, 3.05) is 0 Å². The second-order valence-corrected chi connectivity index (χ2v) is 3.46. The number of carbonyl (C=O) groups excluding carboxylic acids is 1. The van der Waals surface area contributed by atoms with Crippen molar-refractivity contribution in [1.82, 2.24) is 4.98 Å². The van der Waals surface area contributed by atoms with E-state index < -0.39 is 0 Å². The summed E-state index contributed by atoms with van der Waals surface area (Å²) in [5.41, 5.74) is 1.48. The zero-order chi connectivity index (χ0) is 10.7. The Hall–Kier alpha value is -1.61. The van der Waals surface area contributed by atoms with Gasteiger partial charge in [0.05, 0.1) is 5.69 Å². The first-order valence-corrected chi connectivity index (χ1v) is 4.81. The summed E-state index contributed by atoms with van der Waals surface area (Å²) in [6.07, 6.45) is 2.55. The van der Waals surface area contributed by atoms with Crippen molar-refractivity contribution < 1.29 is 9.21 Å². The lowest BCUT2D eigenvalue weighted by molar-refractivity contribution is -0.107. The Labute approximate surface area is 91.7 Å². The third-order valence-corrected chi connectivity index (χ3v) is 2.19. The average Bonchev–Trinajstić information content (AvgIpc) is 2.68. The normalized spacial score (nSPS) is 10.2. The fourth-order valence-electron chi connectivity index (χ4n) is 1.21. The van der Waals surface area contributed by atoms with Crippen molar-refractivity contribution in [3.8, 4) is 11.5 Å². The van der Waals surface area contributed by atoms with Gasteiger partial charge >= 0.3 is 0 Å². The van der Waals surface area contributed by atoms with Gasteiger partial charge in [-0.15, -0.1) is 0 Å². The van der Waals surface area contributed by atoms with Crippen LogP contribution in [-0.2, 0) is 11.2 Å². The van der Waals surface area contributed by atoms with Crippen LogP contribution in [0.4, 0.5) is 0 Å². The molecule has 0 saturated heterocycles. The van der Waals surface area contributed by atoms with Crippen molar-refractivity contribution in [3.05, 3.63) is 41.2 Å². The van der Waals surface area contributed by atoms with Crippen molar-refractivity contribution in [2.24, 2.45) is 0 Å². The summed E-state index contributed by atoms with van der Waals surface area (Å²) in [5, 5.41) is 0.665. The standard InChI is InChI=1S/C11H8ClNO2/c12-9-3-1-8(2-4-9)11-13-10(5-6-14)7-15-11/h1-4,6-7H,5H2. The van der Waals surface area contributed by atoms with E-state index >= 15 is 0 Å². The molecule has 0 fully saturated rings. The number of hydrogen-bond donors (Lipinski definition) is 0. The Morgan fingerprint density at radius 1 is 1.33 bits per heavy atom. The molecule has 2 rings (SSSR count). The molecule has 0 spiro atoms. The summed E-state index contributed by atoms with van der Waals surface area (Å²) in [4.78, 5) is 14.4. The smallest absolute Gasteiger partial charge is 0.226 e. The number of rotatable bonds is 3. The van der Waals surface area contributed by atoms with Crippen LogP contribution in [0.5, 0.6) is 0 Å². The molecule has 1 aromatic heterocycles. The number of benzene rings is 1. The van der Waals surface area contributed by atoms with Gasteiger partial charge in [-0.3, -0.25) is 0 Å². The molecule has 0 bridgehead atoms. The molecule has 3 nitrogen and oxygen atoms in total. The molecule has 0 aliphatic heterocycles. The molecule has 76 valence electrons. The molecule has 0 radical (unpaired) electrons. The maximum absolute atomic E-state index is 10.3. The molecule has 1 heterocycles. The van der Waals surface area contributed by atoms with E-state index in [1.807, 2.05) is 12.1 Å². The van der Waals surface area contributed by atoms with Gasteiger partial charge in [0.25, 0.3) is 0 Å². The topological polar surface area (TPSA) is 43.1 Å². The van der Waals surface area contributed by atoms with E-state index in [1.165, 1.54) is 6.26 Å². The molecule has 0 amide bonds. The molecule has 15 heavy (non-hydrogen) atoms. The Morgan fingerprint density at radius 3 is 2.73 bits per heavy atom. The van der Waals surface area contributed by atoms with E-state index in [4.69, 9.17) is 16.0 Å². The third-order valence-electron chi connectivity index (χ3n) is 1.94. The molecular formula is C11H8ClNO2. The minimum absolute atomic E-state index is 0.275. The average molecular weight is 222 g/mol. The highest BCUT2D eigenvalue weighted by atomic mass is 35.5. The van der Waals surface area contributed by atoms with Gasteiger partial charge in [0.15, 0.2) is 0 Å². The Bertz CT molecular complexity index is 462. The summed E-state index contributed by atoms with van der Waals surface area (Å²) in [5.74, 6) is 0.503. The van der Waals surface area contributed by atoms with Crippen LogP contribution >= 0.6 is 11.6 Å².